The van der Waals surface area contributed by atoms with Crippen molar-refractivity contribution in [2.24, 2.45) is 0 Å². The largest absolute Gasteiger partial charge is 0.315 e. The summed E-state index contributed by atoms with van der Waals surface area (Å²) in [5.41, 5.74) is 0.807. The Labute approximate surface area is 108 Å². The predicted molar refractivity (Wildman–Crippen MR) is 66.7 cm³/mol. The summed E-state index contributed by atoms with van der Waals surface area (Å²) in [6.07, 6.45) is 2.52. The van der Waals surface area contributed by atoms with Gasteiger partial charge in [0.05, 0.1) is 16.0 Å². The van der Waals surface area contributed by atoms with Crippen molar-refractivity contribution in [3.8, 4) is 0 Å². The van der Waals surface area contributed by atoms with Crippen LogP contribution >= 0.6 is 24.0 Å². The SMILES string of the molecule is Cc1cnc(S(=O)[C@@H]2CCNC2)nc1Cl.Cl. The summed E-state index contributed by atoms with van der Waals surface area (Å²) >= 11 is 5.86. The van der Waals surface area contributed by atoms with Crippen molar-refractivity contribution in [3.63, 3.8) is 0 Å². The van der Waals surface area contributed by atoms with Gasteiger partial charge in [-0.3, -0.25) is 4.21 Å². The number of rotatable bonds is 2. The average Bonchev–Trinajstić information content (AvgIpc) is 2.74. The molecule has 1 aromatic rings. The molecule has 1 aliphatic rings. The Morgan fingerprint density at radius 3 is 2.94 bits per heavy atom. The molecule has 0 saturated carbocycles. The second-order valence-electron chi connectivity index (χ2n) is 3.54. The van der Waals surface area contributed by atoms with Crippen molar-refractivity contribution < 1.29 is 4.21 Å². The molecule has 16 heavy (non-hydrogen) atoms. The summed E-state index contributed by atoms with van der Waals surface area (Å²) in [6.45, 7) is 3.50. The second kappa shape index (κ2) is 5.91. The van der Waals surface area contributed by atoms with E-state index in [9.17, 15) is 4.21 Å². The molecule has 1 saturated heterocycles. The van der Waals surface area contributed by atoms with Crippen LogP contribution in [0, 0.1) is 6.92 Å². The lowest BCUT2D eigenvalue weighted by molar-refractivity contribution is 0.664. The molecule has 2 rings (SSSR count). The number of nitrogens with zero attached hydrogens (tertiary/aromatic N) is 2. The van der Waals surface area contributed by atoms with E-state index in [4.69, 9.17) is 11.6 Å². The zero-order chi connectivity index (χ0) is 10.8. The van der Waals surface area contributed by atoms with Gasteiger partial charge >= 0.3 is 0 Å². The minimum absolute atomic E-state index is 0. The first-order chi connectivity index (χ1) is 7.18. The minimum atomic E-state index is -1.15. The van der Waals surface area contributed by atoms with Gasteiger partial charge in [0.1, 0.15) is 5.15 Å². The Bertz CT molecular complexity index is 396. The third kappa shape index (κ3) is 2.91. The number of hydrogen-bond acceptors (Lipinski definition) is 4. The minimum Gasteiger partial charge on any atom is -0.315 e. The molecule has 0 spiro atoms. The fourth-order valence-corrected chi connectivity index (χ4v) is 2.88. The molecule has 0 radical (unpaired) electrons. The molecule has 4 nitrogen and oxygen atoms in total. The van der Waals surface area contributed by atoms with Gasteiger partial charge in [-0.15, -0.1) is 12.4 Å². The van der Waals surface area contributed by atoms with Gasteiger partial charge in [0.15, 0.2) is 0 Å². The molecule has 2 heterocycles. The molecule has 1 unspecified atom stereocenters. The third-order valence-corrected chi connectivity index (χ3v) is 4.33. The first-order valence-corrected chi connectivity index (χ1v) is 6.38. The van der Waals surface area contributed by atoms with Crippen LogP contribution < -0.4 is 5.32 Å². The first-order valence-electron chi connectivity index (χ1n) is 4.79. The van der Waals surface area contributed by atoms with E-state index >= 15 is 0 Å². The van der Waals surface area contributed by atoms with Crippen molar-refractivity contribution in [3.05, 3.63) is 16.9 Å². The standard InChI is InChI=1S/C9H12ClN3OS.ClH/c1-6-4-12-9(13-8(6)10)15(14)7-2-3-11-5-7;/h4,7,11H,2-3,5H2,1H3;1H/t7-,15?;/m1./s1. The summed E-state index contributed by atoms with van der Waals surface area (Å²) in [6, 6.07) is 0. The molecular weight excluding hydrogens is 269 g/mol. The van der Waals surface area contributed by atoms with Crippen molar-refractivity contribution in [2.45, 2.75) is 23.8 Å². The van der Waals surface area contributed by atoms with E-state index in [0.29, 0.717) is 10.3 Å². The van der Waals surface area contributed by atoms with Gasteiger partial charge in [-0.05, 0) is 19.9 Å². The Morgan fingerprint density at radius 1 is 1.62 bits per heavy atom. The first kappa shape index (κ1) is 13.8. The van der Waals surface area contributed by atoms with Crippen LogP contribution in [0.2, 0.25) is 5.15 Å². The highest BCUT2D eigenvalue weighted by atomic mass is 35.5. The molecular formula is C9H13Cl2N3OS. The van der Waals surface area contributed by atoms with Gasteiger partial charge in [0.2, 0.25) is 5.16 Å². The molecule has 0 amide bonds. The maximum absolute atomic E-state index is 12.0. The van der Waals surface area contributed by atoms with E-state index in [1.165, 1.54) is 0 Å². The normalized spacial score (nSPS) is 21.5. The molecule has 1 N–H and O–H groups in total. The topological polar surface area (TPSA) is 54.9 Å². The van der Waals surface area contributed by atoms with Crippen LogP contribution in [0.3, 0.4) is 0 Å². The highest BCUT2D eigenvalue weighted by Crippen LogP contribution is 2.16. The number of aromatic nitrogens is 2. The summed E-state index contributed by atoms with van der Waals surface area (Å²) < 4.78 is 12.0. The lowest BCUT2D eigenvalue weighted by Crippen LogP contribution is -2.20. The lowest BCUT2D eigenvalue weighted by Gasteiger charge is -2.07. The molecule has 7 heteroatoms. The molecule has 1 aromatic heterocycles. The molecule has 0 bridgehead atoms. The molecule has 0 aliphatic carbocycles. The Morgan fingerprint density at radius 2 is 2.38 bits per heavy atom. The van der Waals surface area contributed by atoms with Crippen LogP contribution in [0.25, 0.3) is 0 Å². The van der Waals surface area contributed by atoms with Crippen LogP contribution in [-0.4, -0.2) is 32.5 Å². The molecule has 0 aromatic carbocycles. The zero-order valence-electron chi connectivity index (χ0n) is 8.77. The Kier molecular flexibility index (Phi) is 5.11. The third-order valence-electron chi connectivity index (χ3n) is 2.39. The van der Waals surface area contributed by atoms with Gasteiger partial charge < -0.3 is 5.32 Å². The van der Waals surface area contributed by atoms with E-state index in [2.05, 4.69) is 15.3 Å². The summed E-state index contributed by atoms with van der Waals surface area (Å²) in [5.74, 6) is 0. The number of hydrogen-bond donors (Lipinski definition) is 1. The monoisotopic (exact) mass is 281 g/mol. The van der Waals surface area contributed by atoms with Crippen molar-refractivity contribution in [1.82, 2.24) is 15.3 Å². The number of aryl methyl sites for hydroxylation is 1. The van der Waals surface area contributed by atoms with E-state index in [-0.39, 0.29) is 17.7 Å². The maximum Gasteiger partial charge on any atom is 0.220 e. The van der Waals surface area contributed by atoms with E-state index < -0.39 is 10.8 Å². The number of nitrogens with one attached hydrogen (secondary N) is 1. The van der Waals surface area contributed by atoms with E-state index in [1.54, 1.807) is 6.20 Å². The van der Waals surface area contributed by atoms with Gasteiger partial charge in [-0.25, -0.2) is 9.97 Å². The summed E-state index contributed by atoms with van der Waals surface area (Å²) in [7, 11) is -1.15. The van der Waals surface area contributed by atoms with Gasteiger partial charge in [-0.1, -0.05) is 11.6 Å². The van der Waals surface area contributed by atoms with Gasteiger partial charge in [-0.2, -0.15) is 0 Å². The Hall–Kier alpha value is -0.230. The molecule has 1 fully saturated rings. The second-order valence-corrected chi connectivity index (χ2v) is 5.52. The quantitative estimate of drug-likeness (QED) is 0.657. The van der Waals surface area contributed by atoms with Gasteiger partial charge in [0.25, 0.3) is 0 Å². The van der Waals surface area contributed by atoms with Crippen LogP contribution in [0.4, 0.5) is 0 Å². The lowest BCUT2D eigenvalue weighted by atomic mass is 10.4. The summed E-state index contributed by atoms with van der Waals surface area (Å²) in [4.78, 5) is 8.10. The van der Waals surface area contributed by atoms with Gasteiger partial charge in [0, 0.05) is 18.3 Å². The zero-order valence-corrected chi connectivity index (χ0v) is 11.2. The Balaban J connectivity index is 0.00000128. The van der Waals surface area contributed by atoms with Crippen LogP contribution in [0.1, 0.15) is 12.0 Å². The van der Waals surface area contributed by atoms with Crippen molar-refractivity contribution in [1.29, 1.82) is 0 Å². The fraction of sp³-hybridized carbons (Fsp3) is 0.556. The van der Waals surface area contributed by atoms with Crippen molar-refractivity contribution >= 4 is 34.8 Å². The summed E-state index contributed by atoms with van der Waals surface area (Å²) in [5, 5.41) is 4.02. The predicted octanol–water partition coefficient (Wildman–Crippen LogP) is 1.33. The van der Waals surface area contributed by atoms with E-state index in [0.717, 1.165) is 25.1 Å². The highest BCUT2D eigenvalue weighted by molar-refractivity contribution is 7.85. The van der Waals surface area contributed by atoms with Crippen LogP contribution in [0.15, 0.2) is 11.4 Å². The van der Waals surface area contributed by atoms with E-state index in [1.807, 2.05) is 6.92 Å². The van der Waals surface area contributed by atoms with Crippen LogP contribution in [0.5, 0.6) is 0 Å². The smallest absolute Gasteiger partial charge is 0.220 e. The van der Waals surface area contributed by atoms with Crippen LogP contribution in [-0.2, 0) is 10.8 Å². The molecule has 2 atom stereocenters. The maximum atomic E-state index is 12.0. The highest BCUT2D eigenvalue weighted by Gasteiger charge is 2.24. The number of halogens is 2. The van der Waals surface area contributed by atoms with Crippen molar-refractivity contribution in [2.75, 3.05) is 13.1 Å². The average molecular weight is 282 g/mol. The molecule has 1 aliphatic heterocycles. The fourth-order valence-electron chi connectivity index (χ4n) is 1.46. The molecule has 90 valence electrons.